The number of ether oxygens (including phenoxy) is 1. The van der Waals surface area contributed by atoms with Crippen LogP contribution in [0.4, 0.5) is 0 Å². The molecule has 1 heterocycles. The van der Waals surface area contributed by atoms with Crippen molar-refractivity contribution >= 4 is 34.4 Å². The van der Waals surface area contributed by atoms with Crippen molar-refractivity contribution < 1.29 is 14.3 Å². The summed E-state index contributed by atoms with van der Waals surface area (Å²) in [5.41, 5.74) is 3.26. The Labute approximate surface area is 226 Å². The van der Waals surface area contributed by atoms with Gasteiger partial charge in [0.15, 0.2) is 10.9 Å². The molecule has 38 heavy (non-hydrogen) atoms. The zero-order valence-electron chi connectivity index (χ0n) is 22.0. The standard InChI is InChI=1S/C30H31N3O4S/c1-5-37-24-13-10-22(11-14-24)27(34)18-38-30-32-26-16-23(28(35)31-19(2)3)12-15-25(26)29(36)33(30)17-21-8-6-20(4)7-9-21/h6-16,19H,5,17-18H2,1-4H3,(H,31,35). The molecule has 1 amide bonds. The number of nitrogens with zero attached hydrogens (tertiary/aromatic N) is 2. The van der Waals surface area contributed by atoms with Gasteiger partial charge >= 0.3 is 0 Å². The fourth-order valence-electron chi connectivity index (χ4n) is 3.93. The van der Waals surface area contributed by atoms with Gasteiger partial charge in [-0.05, 0) is 75.7 Å². The second-order valence-corrected chi connectivity index (χ2v) is 10.2. The van der Waals surface area contributed by atoms with E-state index >= 15 is 0 Å². The molecule has 196 valence electrons. The minimum Gasteiger partial charge on any atom is -0.494 e. The van der Waals surface area contributed by atoms with Crippen LogP contribution in [0.15, 0.2) is 76.7 Å². The topological polar surface area (TPSA) is 90.3 Å². The van der Waals surface area contributed by atoms with Crippen LogP contribution in [0.2, 0.25) is 0 Å². The maximum absolute atomic E-state index is 13.6. The van der Waals surface area contributed by atoms with Crippen molar-refractivity contribution in [2.24, 2.45) is 0 Å². The monoisotopic (exact) mass is 529 g/mol. The second kappa shape index (κ2) is 12.1. The molecule has 0 atom stereocenters. The number of thioether (sulfide) groups is 1. The highest BCUT2D eigenvalue weighted by Crippen LogP contribution is 2.22. The SMILES string of the molecule is CCOc1ccc(C(=O)CSc2nc3cc(C(=O)NC(C)C)ccc3c(=O)n2Cc2ccc(C)cc2)cc1. The molecule has 0 bridgehead atoms. The zero-order valence-corrected chi connectivity index (χ0v) is 22.8. The van der Waals surface area contributed by atoms with Gasteiger partial charge in [0.25, 0.3) is 11.5 Å². The van der Waals surface area contributed by atoms with E-state index in [2.05, 4.69) is 5.32 Å². The van der Waals surface area contributed by atoms with Crippen LogP contribution in [0, 0.1) is 6.92 Å². The van der Waals surface area contributed by atoms with E-state index in [0.29, 0.717) is 46.1 Å². The van der Waals surface area contributed by atoms with Gasteiger partial charge in [-0.1, -0.05) is 41.6 Å². The average Bonchev–Trinajstić information content (AvgIpc) is 2.90. The van der Waals surface area contributed by atoms with Crippen LogP contribution in [0.25, 0.3) is 10.9 Å². The Morgan fingerprint density at radius 2 is 1.68 bits per heavy atom. The number of carbonyl (C=O) groups is 2. The van der Waals surface area contributed by atoms with E-state index < -0.39 is 0 Å². The summed E-state index contributed by atoms with van der Waals surface area (Å²) in [5, 5.41) is 3.70. The van der Waals surface area contributed by atoms with Crippen LogP contribution in [-0.2, 0) is 6.54 Å². The lowest BCUT2D eigenvalue weighted by Gasteiger charge is -2.14. The number of nitrogens with one attached hydrogen (secondary N) is 1. The van der Waals surface area contributed by atoms with E-state index in [0.717, 1.165) is 11.1 Å². The average molecular weight is 530 g/mol. The number of ketones is 1. The van der Waals surface area contributed by atoms with Gasteiger partial charge in [0.1, 0.15) is 5.75 Å². The Morgan fingerprint density at radius 3 is 2.34 bits per heavy atom. The van der Waals surface area contributed by atoms with Crippen LogP contribution >= 0.6 is 11.8 Å². The summed E-state index contributed by atoms with van der Waals surface area (Å²) in [6.07, 6.45) is 0. The Bertz CT molecular complexity index is 1510. The molecule has 1 aromatic heterocycles. The largest absolute Gasteiger partial charge is 0.494 e. The first-order valence-corrected chi connectivity index (χ1v) is 13.5. The number of amides is 1. The van der Waals surface area contributed by atoms with Crippen LogP contribution in [0.5, 0.6) is 5.75 Å². The van der Waals surface area contributed by atoms with E-state index in [1.54, 1.807) is 47.0 Å². The molecule has 0 fully saturated rings. The van der Waals surface area contributed by atoms with E-state index in [-0.39, 0.29) is 29.0 Å². The van der Waals surface area contributed by atoms with Crippen LogP contribution in [0.1, 0.15) is 52.6 Å². The third-order valence-corrected chi connectivity index (χ3v) is 6.86. The van der Waals surface area contributed by atoms with Gasteiger partial charge < -0.3 is 10.1 Å². The van der Waals surface area contributed by atoms with Crippen molar-refractivity contribution in [3.05, 3.63) is 99.3 Å². The van der Waals surface area contributed by atoms with Gasteiger partial charge in [0.2, 0.25) is 0 Å². The molecule has 4 aromatic rings. The van der Waals surface area contributed by atoms with Crippen LogP contribution in [0.3, 0.4) is 0 Å². The normalized spacial score (nSPS) is 11.1. The molecule has 0 aliphatic rings. The maximum Gasteiger partial charge on any atom is 0.262 e. The van der Waals surface area contributed by atoms with Crippen LogP contribution < -0.4 is 15.6 Å². The predicted molar refractivity (Wildman–Crippen MR) is 152 cm³/mol. The van der Waals surface area contributed by atoms with Crippen molar-refractivity contribution in [3.63, 3.8) is 0 Å². The van der Waals surface area contributed by atoms with Crippen molar-refractivity contribution in [1.29, 1.82) is 0 Å². The summed E-state index contributed by atoms with van der Waals surface area (Å²) in [7, 11) is 0. The lowest BCUT2D eigenvalue weighted by molar-refractivity contribution is 0.0942. The van der Waals surface area contributed by atoms with Gasteiger partial charge in [-0.3, -0.25) is 19.0 Å². The van der Waals surface area contributed by atoms with E-state index in [9.17, 15) is 14.4 Å². The number of hydrogen-bond donors (Lipinski definition) is 1. The quantitative estimate of drug-likeness (QED) is 0.171. The molecule has 8 heteroatoms. The number of carbonyl (C=O) groups excluding carboxylic acids is 2. The predicted octanol–water partition coefficient (Wildman–Crippen LogP) is 5.27. The second-order valence-electron chi connectivity index (χ2n) is 9.30. The van der Waals surface area contributed by atoms with Crippen molar-refractivity contribution in [2.45, 2.75) is 45.4 Å². The molecule has 1 N–H and O–H groups in total. The zero-order chi connectivity index (χ0) is 27.2. The highest BCUT2D eigenvalue weighted by molar-refractivity contribution is 7.99. The molecule has 0 spiro atoms. The van der Waals surface area contributed by atoms with Gasteiger partial charge in [-0.15, -0.1) is 0 Å². The molecule has 0 unspecified atom stereocenters. The van der Waals surface area contributed by atoms with Crippen molar-refractivity contribution in [3.8, 4) is 5.75 Å². The summed E-state index contributed by atoms with van der Waals surface area (Å²) >= 11 is 1.21. The van der Waals surface area contributed by atoms with Crippen molar-refractivity contribution in [1.82, 2.24) is 14.9 Å². The van der Waals surface area contributed by atoms with Gasteiger partial charge in [-0.2, -0.15) is 0 Å². The Morgan fingerprint density at radius 1 is 1.00 bits per heavy atom. The first-order chi connectivity index (χ1) is 18.2. The summed E-state index contributed by atoms with van der Waals surface area (Å²) in [6.45, 7) is 8.55. The summed E-state index contributed by atoms with van der Waals surface area (Å²) in [6, 6.07) is 19.9. The molecular formula is C30H31N3O4S. The summed E-state index contributed by atoms with van der Waals surface area (Å²) in [5.74, 6) is 0.497. The fraction of sp³-hybridized carbons (Fsp3) is 0.267. The lowest BCUT2D eigenvalue weighted by Crippen LogP contribution is -2.30. The number of aromatic nitrogens is 2. The highest BCUT2D eigenvalue weighted by atomic mass is 32.2. The van der Waals surface area contributed by atoms with Crippen molar-refractivity contribution in [2.75, 3.05) is 12.4 Å². The lowest BCUT2D eigenvalue weighted by atomic mass is 10.1. The summed E-state index contributed by atoms with van der Waals surface area (Å²) < 4.78 is 7.05. The number of rotatable bonds is 10. The number of Topliss-reactive ketones (excluding diaryl/α,β-unsaturated/α-hetero) is 1. The molecule has 0 saturated carbocycles. The molecule has 0 aliphatic carbocycles. The number of aryl methyl sites for hydroxylation is 1. The molecular weight excluding hydrogens is 498 g/mol. The first-order valence-electron chi connectivity index (χ1n) is 12.5. The van der Waals surface area contributed by atoms with E-state index in [1.807, 2.05) is 52.0 Å². The van der Waals surface area contributed by atoms with Crippen LogP contribution in [-0.4, -0.2) is 39.6 Å². The Kier molecular flexibility index (Phi) is 8.63. The third-order valence-electron chi connectivity index (χ3n) is 5.88. The number of hydrogen-bond acceptors (Lipinski definition) is 6. The smallest absolute Gasteiger partial charge is 0.262 e. The van der Waals surface area contributed by atoms with Gasteiger partial charge in [0, 0.05) is 17.2 Å². The number of fused-ring (bicyclic) bond motifs is 1. The minimum atomic E-state index is -0.229. The molecule has 4 rings (SSSR count). The molecule has 0 radical (unpaired) electrons. The Balaban J connectivity index is 1.69. The minimum absolute atomic E-state index is 0.0200. The molecule has 7 nitrogen and oxygen atoms in total. The molecule has 3 aromatic carbocycles. The fourth-order valence-corrected chi connectivity index (χ4v) is 4.82. The third kappa shape index (κ3) is 6.50. The van der Waals surface area contributed by atoms with E-state index in [4.69, 9.17) is 9.72 Å². The maximum atomic E-state index is 13.6. The van der Waals surface area contributed by atoms with Gasteiger partial charge in [-0.25, -0.2) is 4.98 Å². The highest BCUT2D eigenvalue weighted by Gasteiger charge is 2.17. The number of benzene rings is 3. The molecule has 0 saturated heterocycles. The van der Waals surface area contributed by atoms with E-state index in [1.165, 1.54) is 11.8 Å². The molecule has 0 aliphatic heterocycles. The Hall–Kier alpha value is -3.91. The summed E-state index contributed by atoms with van der Waals surface area (Å²) in [4.78, 5) is 43.9. The first kappa shape index (κ1) is 27.1. The van der Waals surface area contributed by atoms with Gasteiger partial charge in [0.05, 0.1) is 29.8 Å².